The number of carbonyl (C=O) groups is 2. The summed E-state index contributed by atoms with van der Waals surface area (Å²) in [4.78, 5) is 23.7. The summed E-state index contributed by atoms with van der Waals surface area (Å²) in [5.41, 5.74) is 1.14. The van der Waals surface area contributed by atoms with Gasteiger partial charge in [-0.2, -0.15) is 0 Å². The number of para-hydroxylation sites is 1. The van der Waals surface area contributed by atoms with Crippen molar-refractivity contribution in [1.29, 1.82) is 0 Å². The van der Waals surface area contributed by atoms with Crippen molar-refractivity contribution in [2.24, 2.45) is 0 Å². The minimum Gasteiger partial charge on any atom is -0.490 e. The number of ether oxygens (including phenoxy) is 2. The fourth-order valence-electron chi connectivity index (χ4n) is 4.11. The minimum atomic E-state index is -1.08. The van der Waals surface area contributed by atoms with Crippen molar-refractivity contribution in [2.75, 3.05) is 5.32 Å². The molecule has 0 atom stereocenters. The van der Waals surface area contributed by atoms with Crippen LogP contribution in [-0.4, -0.2) is 23.1 Å². The van der Waals surface area contributed by atoms with Gasteiger partial charge in [0.1, 0.15) is 17.2 Å². The first-order valence-corrected chi connectivity index (χ1v) is 11.7. The average molecular weight is 460 g/mol. The molecule has 176 valence electrons. The van der Waals surface area contributed by atoms with Gasteiger partial charge in [-0.1, -0.05) is 37.1 Å². The molecule has 0 aromatic heterocycles. The molecule has 3 aromatic carbocycles. The molecular formula is C28H29NO5. The van der Waals surface area contributed by atoms with Crippen LogP contribution < -0.4 is 14.8 Å². The maximum Gasteiger partial charge on any atom is 0.337 e. The van der Waals surface area contributed by atoms with Crippen LogP contribution in [0.5, 0.6) is 17.2 Å². The number of carboxylic acid groups (broad SMARTS) is 1. The normalized spacial score (nSPS) is 14.1. The summed E-state index contributed by atoms with van der Waals surface area (Å²) in [7, 11) is 0. The largest absolute Gasteiger partial charge is 0.490 e. The molecule has 0 aliphatic heterocycles. The van der Waals surface area contributed by atoms with Crippen LogP contribution in [0.15, 0.2) is 72.8 Å². The molecule has 0 saturated heterocycles. The van der Waals surface area contributed by atoms with E-state index in [-0.39, 0.29) is 23.6 Å². The predicted molar refractivity (Wildman–Crippen MR) is 131 cm³/mol. The summed E-state index contributed by atoms with van der Waals surface area (Å²) in [6.45, 7) is 0. The topological polar surface area (TPSA) is 84.9 Å². The lowest BCUT2D eigenvalue weighted by molar-refractivity contribution is -0.115. The highest BCUT2D eigenvalue weighted by Crippen LogP contribution is 2.27. The second-order valence-corrected chi connectivity index (χ2v) is 8.52. The van der Waals surface area contributed by atoms with Crippen molar-refractivity contribution in [3.63, 3.8) is 0 Å². The van der Waals surface area contributed by atoms with E-state index in [0.29, 0.717) is 17.6 Å². The molecule has 1 aliphatic rings. The van der Waals surface area contributed by atoms with Crippen LogP contribution >= 0.6 is 0 Å². The van der Waals surface area contributed by atoms with Gasteiger partial charge < -0.3 is 19.9 Å². The number of carbonyl (C=O) groups excluding carboxylic acids is 1. The van der Waals surface area contributed by atoms with Crippen LogP contribution in [0, 0.1) is 0 Å². The number of carboxylic acids is 1. The van der Waals surface area contributed by atoms with Crippen molar-refractivity contribution in [1.82, 2.24) is 0 Å². The molecule has 1 fully saturated rings. The zero-order valence-corrected chi connectivity index (χ0v) is 19.0. The lowest BCUT2D eigenvalue weighted by Gasteiger charge is -2.17. The summed E-state index contributed by atoms with van der Waals surface area (Å²) in [5.74, 6) is 0.875. The SMILES string of the molecule is O=C(Cc1ccc(Oc2ccc(OC3CCCCCC3)cc2)cc1)Nc1ccccc1C(=O)O. The van der Waals surface area contributed by atoms with Crippen molar-refractivity contribution in [3.05, 3.63) is 83.9 Å². The van der Waals surface area contributed by atoms with E-state index in [4.69, 9.17) is 9.47 Å². The van der Waals surface area contributed by atoms with Crippen LogP contribution in [0.2, 0.25) is 0 Å². The van der Waals surface area contributed by atoms with Crippen LogP contribution in [0.1, 0.15) is 54.4 Å². The highest BCUT2D eigenvalue weighted by Gasteiger charge is 2.14. The number of aromatic carboxylic acids is 1. The standard InChI is InChI=1S/C28H29NO5/c30-27(29-26-10-6-5-9-25(26)28(31)32)19-20-11-13-22(14-12-20)34-24-17-15-23(16-18-24)33-21-7-3-1-2-4-8-21/h5-6,9-18,21H,1-4,7-8,19H2,(H,29,30)(H,31,32). The summed E-state index contributed by atoms with van der Waals surface area (Å²) >= 11 is 0. The van der Waals surface area contributed by atoms with E-state index < -0.39 is 5.97 Å². The third kappa shape index (κ3) is 6.61. The third-order valence-corrected chi connectivity index (χ3v) is 5.88. The molecule has 4 rings (SSSR count). The quantitative estimate of drug-likeness (QED) is 0.378. The number of benzene rings is 3. The number of rotatable bonds is 8. The molecule has 0 unspecified atom stereocenters. The first-order valence-electron chi connectivity index (χ1n) is 11.7. The zero-order chi connectivity index (χ0) is 23.8. The molecule has 0 spiro atoms. The molecule has 3 aromatic rings. The Hall–Kier alpha value is -3.80. The van der Waals surface area contributed by atoms with Gasteiger partial charge in [0.2, 0.25) is 5.91 Å². The van der Waals surface area contributed by atoms with E-state index in [1.165, 1.54) is 31.7 Å². The van der Waals surface area contributed by atoms with E-state index in [1.807, 2.05) is 48.5 Å². The van der Waals surface area contributed by atoms with Crippen LogP contribution in [-0.2, 0) is 11.2 Å². The minimum absolute atomic E-state index is 0.0604. The van der Waals surface area contributed by atoms with Gasteiger partial charge in [0.25, 0.3) is 0 Å². The van der Waals surface area contributed by atoms with Gasteiger partial charge in [-0.25, -0.2) is 4.79 Å². The van der Waals surface area contributed by atoms with E-state index >= 15 is 0 Å². The number of amides is 1. The lowest BCUT2D eigenvalue weighted by Crippen LogP contribution is -2.16. The van der Waals surface area contributed by atoms with E-state index in [0.717, 1.165) is 24.2 Å². The Morgan fingerprint density at radius 2 is 1.38 bits per heavy atom. The van der Waals surface area contributed by atoms with Gasteiger partial charge in [-0.05, 0) is 79.8 Å². The third-order valence-electron chi connectivity index (χ3n) is 5.88. The second kappa shape index (κ2) is 11.4. The zero-order valence-electron chi connectivity index (χ0n) is 19.0. The van der Waals surface area contributed by atoms with Gasteiger partial charge >= 0.3 is 5.97 Å². The summed E-state index contributed by atoms with van der Waals surface area (Å²) < 4.78 is 12.0. The van der Waals surface area contributed by atoms with E-state index in [1.54, 1.807) is 18.2 Å². The molecule has 6 heteroatoms. The molecule has 1 aliphatic carbocycles. The number of anilines is 1. The van der Waals surface area contributed by atoms with Gasteiger partial charge in [0.15, 0.2) is 0 Å². The van der Waals surface area contributed by atoms with Crippen LogP contribution in [0.25, 0.3) is 0 Å². The maximum absolute atomic E-state index is 12.4. The fraction of sp³-hybridized carbons (Fsp3) is 0.286. The first kappa shape index (κ1) is 23.4. The Bertz CT molecular complexity index is 1100. The van der Waals surface area contributed by atoms with E-state index in [9.17, 15) is 14.7 Å². The Labute approximate surface area is 199 Å². The molecular weight excluding hydrogens is 430 g/mol. The van der Waals surface area contributed by atoms with Gasteiger partial charge in [-0.15, -0.1) is 0 Å². The van der Waals surface area contributed by atoms with E-state index in [2.05, 4.69) is 5.32 Å². The number of hydrogen-bond donors (Lipinski definition) is 2. The smallest absolute Gasteiger partial charge is 0.337 e. The van der Waals surface area contributed by atoms with Crippen LogP contribution in [0.3, 0.4) is 0 Å². The molecule has 0 heterocycles. The monoisotopic (exact) mass is 459 g/mol. The van der Waals surface area contributed by atoms with Crippen molar-refractivity contribution >= 4 is 17.6 Å². The van der Waals surface area contributed by atoms with Gasteiger partial charge in [-0.3, -0.25) is 4.79 Å². The molecule has 1 saturated carbocycles. The highest BCUT2D eigenvalue weighted by atomic mass is 16.5. The average Bonchev–Trinajstić information content (AvgIpc) is 3.10. The van der Waals surface area contributed by atoms with Crippen molar-refractivity contribution in [2.45, 2.75) is 51.0 Å². The molecule has 1 amide bonds. The molecule has 2 N–H and O–H groups in total. The van der Waals surface area contributed by atoms with Gasteiger partial charge in [0, 0.05) is 0 Å². The number of hydrogen-bond acceptors (Lipinski definition) is 4. The lowest BCUT2D eigenvalue weighted by atomic mass is 10.1. The Morgan fingerprint density at radius 3 is 2.03 bits per heavy atom. The maximum atomic E-state index is 12.4. The second-order valence-electron chi connectivity index (χ2n) is 8.52. The first-order chi connectivity index (χ1) is 16.6. The summed E-state index contributed by atoms with van der Waals surface area (Å²) in [5, 5.41) is 11.9. The fourth-order valence-corrected chi connectivity index (χ4v) is 4.11. The van der Waals surface area contributed by atoms with Gasteiger partial charge in [0.05, 0.1) is 23.8 Å². The van der Waals surface area contributed by atoms with Crippen LogP contribution in [0.4, 0.5) is 5.69 Å². The summed E-state index contributed by atoms with van der Waals surface area (Å²) in [6.07, 6.45) is 7.74. The van der Waals surface area contributed by atoms with Crippen molar-refractivity contribution < 1.29 is 24.2 Å². The summed E-state index contributed by atoms with van der Waals surface area (Å²) in [6, 6.07) is 21.3. The molecule has 0 bridgehead atoms. The van der Waals surface area contributed by atoms with Crippen molar-refractivity contribution in [3.8, 4) is 17.2 Å². The Morgan fingerprint density at radius 1 is 0.794 bits per heavy atom. The number of nitrogens with one attached hydrogen (secondary N) is 1. The predicted octanol–water partition coefficient (Wildman–Crippen LogP) is 6.46. The molecule has 6 nitrogen and oxygen atoms in total. The Kier molecular flexibility index (Phi) is 7.81. The highest BCUT2D eigenvalue weighted by molar-refractivity contribution is 6.00. The molecule has 34 heavy (non-hydrogen) atoms. The molecule has 0 radical (unpaired) electrons. The Balaban J connectivity index is 1.29.